The van der Waals surface area contributed by atoms with Gasteiger partial charge in [0.15, 0.2) is 5.79 Å². The SMILES string of the molecule is O=C(c1cccc(Cl)c1)N1CCC(C(=O)N2CCC3(CC2)OCCO3)CC1. The average Bonchev–Trinajstić information content (AvgIpc) is 3.15. The van der Waals surface area contributed by atoms with Crippen molar-refractivity contribution in [2.75, 3.05) is 39.4 Å². The molecular formula is C20H25ClN2O4. The van der Waals surface area contributed by atoms with E-state index in [1.54, 1.807) is 24.3 Å². The van der Waals surface area contributed by atoms with Crippen molar-refractivity contribution >= 4 is 23.4 Å². The number of rotatable bonds is 2. The highest BCUT2D eigenvalue weighted by molar-refractivity contribution is 6.30. The Kier molecular flexibility index (Phi) is 5.39. The first kappa shape index (κ1) is 18.7. The van der Waals surface area contributed by atoms with Crippen molar-refractivity contribution in [3.8, 4) is 0 Å². The van der Waals surface area contributed by atoms with Gasteiger partial charge in [-0.05, 0) is 31.0 Å². The van der Waals surface area contributed by atoms with Crippen LogP contribution in [0, 0.1) is 5.92 Å². The summed E-state index contributed by atoms with van der Waals surface area (Å²) in [5.74, 6) is -0.270. The first-order valence-electron chi connectivity index (χ1n) is 9.68. The van der Waals surface area contributed by atoms with E-state index in [1.165, 1.54) is 0 Å². The maximum Gasteiger partial charge on any atom is 0.253 e. The lowest BCUT2D eigenvalue weighted by atomic mass is 9.93. The van der Waals surface area contributed by atoms with Crippen LogP contribution in [0.25, 0.3) is 0 Å². The summed E-state index contributed by atoms with van der Waals surface area (Å²) in [5, 5.41) is 0.559. The van der Waals surface area contributed by atoms with E-state index >= 15 is 0 Å². The van der Waals surface area contributed by atoms with Crippen molar-refractivity contribution in [1.29, 1.82) is 0 Å². The van der Waals surface area contributed by atoms with E-state index < -0.39 is 5.79 Å². The third-order valence-electron chi connectivity index (χ3n) is 5.85. The highest BCUT2D eigenvalue weighted by Crippen LogP contribution is 2.32. The molecule has 0 bridgehead atoms. The van der Waals surface area contributed by atoms with Crippen molar-refractivity contribution in [1.82, 2.24) is 9.80 Å². The van der Waals surface area contributed by atoms with Crippen molar-refractivity contribution in [2.45, 2.75) is 31.5 Å². The van der Waals surface area contributed by atoms with Crippen molar-refractivity contribution in [2.24, 2.45) is 5.92 Å². The second kappa shape index (κ2) is 7.78. The molecule has 146 valence electrons. The van der Waals surface area contributed by atoms with Crippen molar-refractivity contribution in [3.63, 3.8) is 0 Å². The number of nitrogens with zero attached hydrogens (tertiary/aromatic N) is 2. The fraction of sp³-hybridized carbons (Fsp3) is 0.600. The van der Waals surface area contributed by atoms with Gasteiger partial charge >= 0.3 is 0 Å². The van der Waals surface area contributed by atoms with Crippen molar-refractivity contribution < 1.29 is 19.1 Å². The van der Waals surface area contributed by atoms with Gasteiger partial charge in [0.1, 0.15) is 0 Å². The Morgan fingerprint density at radius 3 is 2.30 bits per heavy atom. The van der Waals surface area contributed by atoms with Crippen LogP contribution in [-0.2, 0) is 14.3 Å². The second-order valence-corrected chi connectivity index (χ2v) is 7.95. The number of likely N-dealkylation sites (tertiary alicyclic amines) is 2. The van der Waals surface area contributed by atoms with E-state index in [1.807, 2.05) is 9.80 Å². The normalized spacial score (nSPS) is 23.0. The molecule has 0 atom stereocenters. The lowest BCUT2D eigenvalue weighted by Gasteiger charge is -2.40. The first-order chi connectivity index (χ1) is 13.1. The zero-order chi connectivity index (χ0) is 18.9. The molecule has 0 aliphatic carbocycles. The van der Waals surface area contributed by atoms with Crippen LogP contribution in [0.5, 0.6) is 0 Å². The average molecular weight is 393 g/mol. The molecule has 4 rings (SSSR count). The van der Waals surface area contributed by atoms with Gasteiger partial charge in [-0.2, -0.15) is 0 Å². The fourth-order valence-electron chi connectivity index (χ4n) is 4.25. The quantitative estimate of drug-likeness (QED) is 0.776. The molecule has 3 fully saturated rings. The molecule has 3 saturated heterocycles. The summed E-state index contributed by atoms with van der Waals surface area (Å²) in [6, 6.07) is 7.01. The van der Waals surface area contributed by atoms with Crippen molar-refractivity contribution in [3.05, 3.63) is 34.9 Å². The lowest BCUT2D eigenvalue weighted by Crippen LogP contribution is -2.50. The van der Waals surface area contributed by atoms with E-state index in [4.69, 9.17) is 21.1 Å². The summed E-state index contributed by atoms with van der Waals surface area (Å²) in [4.78, 5) is 29.2. The lowest BCUT2D eigenvalue weighted by molar-refractivity contribution is -0.188. The topological polar surface area (TPSA) is 59.1 Å². The van der Waals surface area contributed by atoms with E-state index in [-0.39, 0.29) is 17.7 Å². The van der Waals surface area contributed by atoms with E-state index in [9.17, 15) is 9.59 Å². The molecule has 7 heteroatoms. The molecule has 3 heterocycles. The van der Waals surface area contributed by atoms with Crippen LogP contribution >= 0.6 is 11.6 Å². The van der Waals surface area contributed by atoms with Gasteiger partial charge in [0.05, 0.1) is 13.2 Å². The summed E-state index contributed by atoms with van der Waals surface area (Å²) in [6.07, 6.45) is 2.90. The molecular weight excluding hydrogens is 368 g/mol. The zero-order valence-electron chi connectivity index (χ0n) is 15.4. The fourth-order valence-corrected chi connectivity index (χ4v) is 4.44. The number of hydrogen-bond acceptors (Lipinski definition) is 4. The maximum atomic E-state index is 12.9. The standard InChI is InChI=1S/C20H25ClN2O4/c21-17-3-1-2-16(14-17)19(25)22-8-4-15(5-9-22)18(24)23-10-6-20(7-11-23)26-12-13-27-20/h1-3,14-15H,4-13H2. The van der Waals surface area contributed by atoms with Gasteiger partial charge in [0, 0.05) is 55.5 Å². The van der Waals surface area contributed by atoms with E-state index in [2.05, 4.69) is 0 Å². The first-order valence-corrected chi connectivity index (χ1v) is 10.1. The monoisotopic (exact) mass is 392 g/mol. The Hall–Kier alpha value is -1.63. The number of halogens is 1. The molecule has 0 unspecified atom stereocenters. The maximum absolute atomic E-state index is 12.9. The Bertz CT molecular complexity index is 702. The minimum absolute atomic E-state index is 0.00660. The van der Waals surface area contributed by atoms with Gasteiger partial charge < -0.3 is 19.3 Å². The molecule has 0 aromatic heterocycles. The molecule has 0 N–H and O–H groups in total. The second-order valence-electron chi connectivity index (χ2n) is 7.51. The number of ether oxygens (including phenoxy) is 2. The molecule has 0 radical (unpaired) electrons. The van der Waals surface area contributed by atoms with Gasteiger partial charge in [0.25, 0.3) is 5.91 Å². The van der Waals surface area contributed by atoms with Crippen LogP contribution in [0.1, 0.15) is 36.0 Å². The summed E-state index contributed by atoms with van der Waals surface area (Å²) in [7, 11) is 0. The summed E-state index contributed by atoms with van der Waals surface area (Å²) < 4.78 is 11.5. The van der Waals surface area contributed by atoms with Crippen LogP contribution < -0.4 is 0 Å². The molecule has 3 aliphatic rings. The van der Waals surface area contributed by atoms with Gasteiger partial charge in [-0.1, -0.05) is 17.7 Å². The third kappa shape index (κ3) is 3.98. The molecule has 6 nitrogen and oxygen atoms in total. The van der Waals surface area contributed by atoms with Gasteiger partial charge in [-0.15, -0.1) is 0 Å². The van der Waals surface area contributed by atoms with Gasteiger partial charge in [-0.3, -0.25) is 9.59 Å². The number of benzene rings is 1. The van der Waals surface area contributed by atoms with Crippen LogP contribution in [0.3, 0.4) is 0 Å². The summed E-state index contributed by atoms with van der Waals surface area (Å²) in [6.45, 7) is 3.86. The molecule has 1 aromatic carbocycles. The molecule has 1 spiro atoms. The molecule has 3 aliphatic heterocycles. The smallest absolute Gasteiger partial charge is 0.253 e. The largest absolute Gasteiger partial charge is 0.347 e. The number of carbonyl (C=O) groups excluding carboxylic acids is 2. The Morgan fingerprint density at radius 2 is 1.67 bits per heavy atom. The van der Waals surface area contributed by atoms with Crippen LogP contribution in [0.15, 0.2) is 24.3 Å². The van der Waals surface area contributed by atoms with Crippen LogP contribution in [-0.4, -0.2) is 66.8 Å². The van der Waals surface area contributed by atoms with E-state index in [0.717, 1.165) is 12.8 Å². The van der Waals surface area contributed by atoms with Crippen LogP contribution in [0.2, 0.25) is 5.02 Å². The number of amides is 2. The number of piperidine rings is 2. The van der Waals surface area contributed by atoms with Crippen LogP contribution in [0.4, 0.5) is 0 Å². The molecule has 1 aromatic rings. The highest BCUT2D eigenvalue weighted by atomic mass is 35.5. The van der Waals surface area contributed by atoms with E-state index in [0.29, 0.717) is 62.8 Å². The van der Waals surface area contributed by atoms with Gasteiger partial charge in [-0.25, -0.2) is 0 Å². The van der Waals surface area contributed by atoms with Gasteiger partial charge in [0.2, 0.25) is 5.91 Å². The number of carbonyl (C=O) groups is 2. The Morgan fingerprint density at radius 1 is 1.00 bits per heavy atom. The summed E-state index contributed by atoms with van der Waals surface area (Å²) >= 11 is 5.98. The minimum Gasteiger partial charge on any atom is -0.347 e. The predicted octanol–water partition coefficient (Wildman–Crippen LogP) is 2.56. The Labute approximate surface area is 164 Å². The molecule has 2 amide bonds. The Balaban J connectivity index is 1.29. The predicted molar refractivity (Wildman–Crippen MR) is 101 cm³/mol. The highest BCUT2D eigenvalue weighted by Gasteiger charge is 2.42. The minimum atomic E-state index is -0.455. The number of hydrogen-bond donors (Lipinski definition) is 0. The summed E-state index contributed by atoms with van der Waals surface area (Å²) in [5.41, 5.74) is 0.602. The zero-order valence-corrected chi connectivity index (χ0v) is 16.1. The molecule has 0 saturated carbocycles. The molecule has 27 heavy (non-hydrogen) atoms. The third-order valence-corrected chi connectivity index (χ3v) is 6.09.